The van der Waals surface area contributed by atoms with E-state index in [0.29, 0.717) is 42.9 Å². The van der Waals surface area contributed by atoms with Crippen LogP contribution in [0.15, 0.2) is 15.8 Å². The summed E-state index contributed by atoms with van der Waals surface area (Å²) in [6.07, 6.45) is -3.99. The molecule has 0 aliphatic rings. The normalized spacial score (nSPS) is 12.2. The van der Waals surface area contributed by atoms with Gasteiger partial charge < -0.3 is 10.6 Å². The molecule has 0 spiro atoms. The van der Waals surface area contributed by atoms with Gasteiger partial charge in [-0.05, 0) is 12.8 Å². The second-order valence-electron chi connectivity index (χ2n) is 5.82. The Morgan fingerprint density at radius 1 is 1.15 bits per heavy atom. The summed E-state index contributed by atoms with van der Waals surface area (Å²) >= 11 is 2.59. The highest BCUT2D eigenvalue weighted by Gasteiger charge is 2.33. The molecule has 0 fully saturated rings. The van der Waals surface area contributed by atoms with Crippen LogP contribution in [0.4, 0.5) is 13.2 Å². The number of nitrogens with zero attached hydrogens (tertiary/aromatic N) is 3. The third-order valence-electron chi connectivity index (χ3n) is 3.35. The number of hydrogen-bond donors (Lipinski definition) is 2. The van der Waals surface area contributed by atoms with E-state index < -0.39 is 11.9 Å². The van der Waals surface area contributed by atoms with Gasteiger partial charge in [0.2, 0.25) is 0 Å². The van der Waals surface area contributed by atoms with Gasteiger partial charge in [-0.3, -0.25) is 0 Å². The predicted octanol–water partition coefficient (Wildman–Crippen LogP) is 4.66. The van der Waals surface area contributed by atoms with Crippen molar-refractivity contribution in [3.63, 3.8) is 0 Å². The Morgan fingerprint density at radius 3 is 2.41 bits per heavy atom. The number of aromatic nitrogens is 2. The molecule has 0 saturated heterocycles. The monoisotopic (exact) mass is 533 g/mol. The minimum absolute atomic E-state index is 0. The zero-order valence-corrected chi connectivity index (χ0v) is 19.2. The maximum atomic E-state index is 12.6. The van der Waals surface area contributed by atoms with Crippen molar-refractivity contribution in [3.05, 3.63) is 32.2 Å². The first-order valence-electron chi connectivity index (χ1n) is 8.27. The first-order chi connectivity index (χ1) is 12.3. The predicted molar refractivity (Wildman–Crippen MR) is 115 cm³/mol. The van der Waals surface area contributed by atoms with Crippen LogP contribution in [0.3, 0.4) is 0 Å². The van der Waals surface area contributed by atoms with Crippen LogP contribution in [0.1, 0.15) is 48.1 Å². The van der Waals surface area contributed by atoms with Gasteiger partial charge in [0.1, 0.15) is 5.01 Å². The zero-order chi connectivity index (χ0) is 19.2. The smallest absolute Gasteiger partial charge is 0.357 e. The number of thiazole rings is 2. The first-order valence-corrected chi connectivity index (χ1v) is 10.0. The first kappa shape index (κ1) is 24.1. The summed E-state index contributed by atoms with van der Waals surface area (Å²) in [4.78, 5) is 12.6. The van der Waals surface area contributed by atoms with E-state index in [1.54, 1.807) is 11.3 Å². The zero-order valence-electron chi connectivity index (χ0n) is 15.3. The summed E-state index contributed by atoms with van der Waals surface area (Å²) in [5.41, 5.74) is 0.227. The number of guanidine groups is 1. The number of nitrogens with one attached hydrogen (secondary N) is 2. The molecule has 5 nitrogen and oxygen atoms in total. The van der Waals surface area contributed by atoms with Crippen molar-refractivity contribution < 1.29 is 13.2 Å². The molecule has 11 heteroatoms. The molecule has 0 unspecified atom stereocenters. The van der Waals surface area contributed by atoms with Gasteiger partial charge in [-0.1, -0.05) is 13.8 Å². The van der Waals surface area contributed by atoms with Crippen LogP contribution in [0.5, 0.6) is 0 Å². The highest BCUT2D eigenvalue weighted by Crippen LogP contribution is 2.30. The molecule has 0 aliphatic heterocycles. The maximum absolute atomic E-state index is 12.6. The molecule has 0 atom stereocenters. The Hall–Kier alpha value is -0.950. The van der Waals surface area contributed by atoms with E-state index in [4.69, 9.17) is 0 Å². The van der Waals surface area contributed by atoms with Crippen LogP contribution in [0.25, 0.3) is 0 Å². The third-order valence-corrected chi connectivity index (χ3v) is 5.11. The number of hydrogen-bond acceptors (Lipinski definition) is 5. The molecule has 152 valence electrons. The highest BCUT2D eigenvalue weighted by molar-refractivity contribution is 14.0. The summed E-state index contributed by atoms with van der Waals surface area (Å²) < 4.78 is 37.7. The number of alkyl halides is 3. The SMILES string of the molecule is CCNC(=NCc1nc(C(C)C)cs1)NCCc1nc(C(F)(F)F)cs1.I. The molecular weight excluding hydrogens is 510 g/mol. The Labute approximate surface area is 181 Å². The average molecular weight is 533 g/mol. The molecular formula is C16H23F3IN5S2. The molecule has 2 heterocycles. The van der Waals surface area contributed by atoms with Crippen molar-refractivity contribution in [2.45, 2.75) is 45.8 Å². The number of halogens is 4. The summed E-state index contributed by atoms with van der Waals surface area (Å²) in [7, 11) is 0. The van der Waals surface area contributed by atoms with E-state index in [9.17, 15) is 13.2 Å². The fourth-order valence-corrected chi connectivity index (χ4v) is 3.68. The van der Waals surface area contributed by atoms with Gasteiger partial charge in [0, 0.05) is 30.3 Å². The van der Waals surface area contributed by atoms with Crippen molar-refractivity contribution in [2.75, 3.05) is 13.1 Å². The molecule has 2 rings (SSSR count). The lowest BCUT2D eigenvalue weighted by Gasteiger charge is -2.10. The Morgan fingerprint density at radius 2 is 1.85 bits per heavy atom. The van der Waals surface area contributed by atoms with Gasteiger partial charge in [0.25, 0.3) is 0 Å². The molecule has 2 aromatic heterocycles. The number of rotatable bonds is 7. The van der Waals surface area contributed by atoms with Crippen molar-refractivity contribution >= 4 is 52.6 Å². The van der Waals surface area contributed by atoms with Gasteiger partial charge in [-0.25, -0.2) is 15.0 Å². The van der Waals surface area contributed by atoms with Gasteiger partial charge in [0.05, 0.1) is 17.2 Å². The van der Waals surface area contributed by atoms with Gasteiger partial charge in [0.15, 0.2) is 11.7 Å². The summed E-state index contributed by atoms with van der Waals surface area (Å²) in [6.45, 7) is 7.74. The van der Waals surface area contributed by atoms with E-state index in [1.807, 2.05) is 12.3 Å². The Kier molecular flexibility index (Phi) is 9.95. The van der Waals surface area contributed by atoms with Crippen molar-refractivity contribution in [2.24, 2.45) is 4.99 Å². The lowest BCUT2D eigenvalue weighted by Crippen LogP contribution is -2.38. The Balaban J connectivity index is 0.00000364. The van der Waals surface area contributed by atoms with Crippen LogP contribution < -0.4 is 10.6 Å². The topological polar surface area (TPSA) is 62.2 Å². The molecule has 0 aliphatic carbocycles. The largest absolute Gasteiger partial charge is 0.434 e. The fraction of sp³-hybridized carbons (Fsp3) is 0.562. The minimum Gasteiger partial charge on any atom is -0.357 e. The molecule has 0 aromatic carbocycles. The van der Waals surface area contributed by atoms with E-state index in [1.165, 1.54) is 0 Å². The van der Waals surface area contributed by atoms with Crippen molar-refractivity contribution in [1.29, 1.82) is 0 Å². The second-order valence-corrected chi connectivity index (χ2v) is 7.70. The molecule has 0 bridgehead atoms. The van der Waals surface area contributed by atoms with Gasteiger partial charge in [-0.2, -0.15) is 13.2 Å². The minimum atomic E-state index is -4.39. The van der Waals surface area contributed by atoms with Crippen LogP contribution >= 0.6 is 46.7 Å². The summed E-state index contributed by atoms with van der Waals surface area (Å²) in [6, 6.07) is 0. The van der Waals surface area contributed by atoms with E-state index in [2.05, 4.69) is 39.4 Å². The van der Waals surface area contributed by atoms with Crippen LogP contribution in [0.2, 0.25) is 0 Å². The third kappa shape index (κ3) is 7.90. The fourth-order valence-electron chi connectivity index (χ4n) is 2.00. The van der Waals surface area contributed by atoms with E-state index in [-0.39, 0.29) is 24.0 Å². The quantitative estimate of drug-likeness (QED) is 0.309. The molecule has 27 heavy (non-hydrogen) atoms. The van der Waals surface area contributed by atoms with Gasteiger partial charge >= 0.3 is 6.18 Å². The van der Waals surface area contributed by atoms with Crippen molar-refractivity contribution in [3.8, 4) is 0 Å². The van der Waals surface area contributed by atoms with E-state index in [0.717, 1.165) is 27.4 Å². The maximum Gasteiger partial charge on any atom is 0.434 e. The molecule has 2 N–H and O–H groups in total. The van der Waals surface area contributed by atoms with E-state index >= 15 is 0 Å². The number of aliphatic imine (C=N–C) groups is 1. The molecule has 0 saturated carbocycles. The van der Waals surface area contributed by atoms with Crippen LogP contribution in [-0.2, 0) is 19.1 Å². The summed E-state index contributed by atoms with van der Waals surface area (Å²) in [5, 5.41) is 10.7. The average Bonchev–Trinajstić information content (AvgIpc) is 3.21. The molecule has 0 amide bonds. The van der Waals surface area contributed by atoms with Crippen LogP contribution in [-0.4, -0.2) is 29.0 Å². The molecule has 0 radical (unpaired) electrons. The Bertz CT molecular complexity index is 728. The summed E-state index contributed by atoms with van der Waals surface area (Å²) in [5.74, 6) is 0.997. The highest BCUT2D eigenvalue weighted by atomic mass is 127. The standard InChI is InChI=1S/C16H22F3N5S2.HI/c1-4-20-15(22-7-14-23-11(8-25-14)10(2)3)21-6-5-13-24-12(9-26-13)16(17,18)19;/h8-10H,4-7H2,1-3H3,(H2,20,21,22);1H. The lowest BCUT2D eigenvalue weighted by atomic mass is 10.2. The molecule has 2 aromatic rings. The second kappa shape index (κ2) is 11.1. The van der Waals surface area contributed by atoms with Gasteiger partial charge in [-0.15, -0.1) is 46.7 Å². The van der Waals surface area contributed by atoms with Crippen molar-refractivity contribution in [1.82, 2.24) is 20.6 Å². The lowest BCUT2D eigenvalue weighted by molar-refractivity contribution is -0.140. The van der Waals surface area contributed by atoms with Crippen LogP contribution in [0, 0.1) is 0 Å².